The molecule has 2 heterocycles. The number of nitrogens with two attached hydrogens (primary N) is 1. The van der Waals surface area contributed by atoms with Crippen molar-refractivity contribution in [3.05, 3.63) is 65.6 Å². The molecular formula is C15H15N5. The van der Waals surface area contributed by atoms with E-state index < -0.39 is 0 Å². The number of H-pyrrole nitrogens is 1. The number of hydrogen-bond acceptors (Lipinski definition) is 4. The maximum Gasteiger partial charge on any atom is 0.199 e. The molecule has 5 nitrogen and oxygen atoms in total. The second kappa shape index (κ2) is 5.22. The van der Waals surface area contributed by atoms with Gasteiger partial charge in [-0.05, 0) is 24.6 Å². The third kappa shape index (κ3) is 2.44. The van der Waals surface area contributed by atoms with Gasteiger partial charge in [-0.2, -0.15) is 5.10 Å². The molecule has 100 valence electrons. The van der Waals surface area contributed by atoms with Gasteiger partial charge in [0.1, 0.15) is 11.5 Å². The molecule has 0 spiro atoms. The number of aryl methyl sites for hydroxylation is 1. The van der Waals surface area contributed by atoms with Crippen LogP contribution in [0.1, 0.15) is 23.0 Å². The summed E-state index contributed by atoms with van der Waals surface area (Å²) < 4.78 is 0. The summed E-state index contributed by atoms with van der Waals surface area (Å²) in [5.74, 6) is 1.19. The van der Waals surface area contributed by atoms with Gasteiger partial charge in [0, 0.05) is 6.20 Å². The number of rotatable bonds is 3. The molecular weight excluding hydrogens is 250 g/mol. The summed E-state index contributed by atoms with van der Waals surface area (Å²) in [6.45, 7) is 2.04. The third-order valence-corrected chi connectivity index (χ3v) is 3.13. The second-order valence-electron chi connectivity index (χ2n) is 4.65. The topological polar surface area (TPSA) is 80.5 Å². The van der Waals surface area contributed by atoms with Gasteiger partial charge in [-0.15, -0.1) is 0 Å². The lowest BCUT2D eigenvalue weighted by atomic mass is 10.1. The zero-order valence-corrected chi connectivity index (χ0v) is 11.1. The highest BCUT2D eigenvalue weighted by Crippen LogP contribution is 2.19. The van der Waals surface area contributed by atoms with Crippen molar-refractivity contribution in [1.82, 2.24) is 20.2 Å². The summed E-state index contributed by atoms with van der Waals surface area (Å²) in [5.41, 5.74) is 9.13. The Morgan fingerprint density at radius 1 is 1.10 bits per heavy atom. The zero-order chi connectivity index (χ0) is 13.9. The molecule has 0 fully saturated rings. The predicted octanol–water partition coefficient (Wildman–Crippen LogP) is 2.22. The molecule has 0 amide bonds. The Morgan fingerprint density at radius 2 is 1.90 bits per heavy atom. The maximum absolute atomic E-state index is 6.20. The Bertz CT molecular complexity index is 688. The summed E-state index contributed by atoms with van der Waals surface area (Å²) in [5, 5.41) is 7.06. The summed E-state index contributed by atoms with van der Waals surface area (Å²) in [7, 11) is 0. The first-order valence-electron chi connectivity index (χ1n) is 6.40. The van der Waals surface area contributed by atoms with E-state index in [0.717, 1.165) is 11.3 Å². The van der Waals surface area contributed by atoms with Gasteiger partial charge in [-0.25, -0.2) is 4.98 Å². The van der Waals surface area contributed by atoms with Gasteiger partial charge in [0.05, 0.1) is 6.04 Å². The molecule has 3 N–H and O–H groups in total. The molecule has 0 saturated heterocycles. The van der Waals surface area contributed by atoms with Crippen molar-refractivity contribution in [2.75, 3.05) is 0 Å². The lowest BCUT2D eigenvalue weighted by Crippen LogP contribution is -2.13. The first-order chi connectivity index (χ1) is 9.74. The Kier molecular flexibility index (Phi) is 3.26. The second-order valence-corrected chi connectivity index (χ2v) is 4.65. The van der Waals surface area contributed by atoms with Gasteiger partial charge in [0.2, 0.25) is 0 Å². The lowest BCUT2D eigenvalue weighted by molar-refractivity contribution is 0.787. The van der Waals surface area contributed by atoms with Crippen molar-refractivity contribution in [2.24, 2.45) is 5.73 Å². The van der Waals surface area contributed by atoms with E-state index in [9.17, 15) is 0 Å². The average Bonchev–Trinajstić information content (AvgIpc) is 2.98. The Morgan fingerprint density at radius 3 is 2.60 bits per heavy atom. The van der Waals surface area contributed by atoms with Crippen LogP contribution in [0.3, 0.4) is 0 Å². The van der Waals surface area contributed by atoms with Crippen LogP contribution in [0.5, 0.6) is 0 Å². The van der Waals surface area contributed by atoms with Gasteiger partial charge in [-0.1, -0.05) is 35.9 Å². The minimum Gasteiger partial charge on any atom is -0.318 e. The molecule has 0 aliphatic carbocycles. The smallest absolute Gasteiger partial charge is 0.199 e. The summed E-state index contributed by atoms with van der Waals surface area (Å²) in [6.07, 6.45) is 1.71. The van der Waals surface area contributed by atoms with Crippen LogP contribution in [0.25, 0.3) is 11.5 Å². The molecule has 2 aromatic heterocycles. The number of benzene rings is 1. The van der Waals surface area contributed by atoms with Gasteiger partial charge in [0.25, 0.3) is 0 Å². The largest absolute Gasteiger partial charge is 0.318 e. The first-order valence-corrected chi connectivity index (χ1v) is 6.40. The number of aromatic nitrogens is 4. The molecule has 3 aromatic rings. The van der Waals surface area contributed by atoms with E-state index in [1.165, 1.54) is 5.56 Å². The van der Waals surface area contributed by atoms with Crippen LogP contribution in [0.2, 0.25) is 0 Å². The molecule has 1 aromatic carbocycles. The van der Waals surface area contributed by atoms with Gasteiger partial charge >= 0.3 is 0 Å². The molecule has 0 bridgehead atoms. The van der Waals surface area contributed by atoms with Crippen LogP contribution >= 0.6 is 0 Å². The van der Waals surface area contributed by atoms with Crippen LogP contribution in [0, 0.1) is 6.92 Å². The van der Waals surface area contributed by atoms with Crippen molar-refractivity contribution in [3.8, 4) is 11.5 Å². The molecule has 20 heavy (non-hydrogen) atoms. The van der Waals surface area contributed by atoms with Gasteiger partial charge < -0.3 is 5.73 Å². The van der Waals surface area contributed by atoms with Crippen LogP contribution in [-0.2, 0) is 0 Å². The fourth-order valence-corrected chi connectivity index (χ4v) is 1.95. The number of nitrogens with zero attached hydrogens (tertiary/aromatic N) is 3. The highest BCUT2D eigenvalue weighted by atomic mass is 15.2. The molecule has 5 heteroatoms. The summed E-state index contributed by atoms with van der Waals surface area (Å²) in [4.78, 5) is 8.65. The highest BCUT2D eigenvalue weighted by Gasteiger charge is 2.14. The first kappa shape index (κ1) is 12.5. The average molecular weight is 265 g/mol. The Labute approximate surface area is 116 Å². The van der Waals surface area contributed by atoms with E-state index >= 15 is 0 Å². The monoisotopic (exact) mass is 265 g/mol. The molecule has 0 radical (unpaired) electrons. The van der Waals surface area contributed by atoms with E-state index in [0.29, 0.717) is 11.6 Å². The fourth-order valence-electron chi connectivity index (χ4n) is 1.95. The number of nitrogens with one attached hydrogen (secondary N) is 1. The third-order valence-electron chi connectivity index (χ3n) is 3.13. The van der Waals surface area contributed by atoms with Crippen LogP contribution in [0.15, 0.2) is 48.7 Å². The number of aromatic amines is 1. The molecule has 0 aliphatic rings. The fraction of sp³-hybridized carbons (Fsp3) is 0.133. The predicted molar refractivity (Wildman–Crippen MR) is 76.8 cm³/mol. The van der Waals surface area contributed by atoms with Crippen LogP contribution in [-0.4, -0.2) is 20.2 Å². The van der Waals surface area contributed by atoms with Crippen molar-refractivity contribution >= 4 is 0 Å². The molecule has 0 saturated carbocycles. The van der Waals surface area contributed by atoms with Crippen molar-refractivity contribution in [1.29, 1.82) is 0 Å². The normalized spacial score (nSPS) is 12.3. The van der Waals surface area contributed by atoms with E-state index in [2.05, 4.69) is 20.2 Å². The highest BCUT2D eigenvalue weighted by molar-refractivity contribution is 5.48. The van der Waals surface area contributed by atoms with Crippen LogP contribution in [0.4, 0.5) is 0 Å². The van der Waals surface area contributed by atoms with Gasteiger partial charge in [-0.3, -0.25) is 10.1 Å². The van der Waals surface area contributed by atoms with Crippen molar-refractivity contribution in [3.63, 3.8) is 0 Å². The van der Waals surface area contributed by atoms with E-state index in [1.807, 2.05) is 49.4 Å². The minimum absolute atomic E-state index is 0.319. The molecule has 1 unspecified atom stereocenters. The van der Waals surface area contributed by atoms with Crippen molar-refractivity contribution < 1.29 is 0 Å². The summed E-state index contributed by atoms with van der Waals surface area (Å²) in [6, 6.07) is 13.4. The lowest BCUT2D eigenvalue weighted by Gasteiger charge is -2.08. The van der Waals surface area contributed by atoms with E-state index in [1.54, 1.807) is 6.20 Å². The summed E-state index contributed by atoms with van der Waals surface area (Å²) >= 11 is 0. The molecule has 0 aliphatic heterocycles. The van der Waals surface area contributed by atoms with Crippen LogP contribution < -0.4 is 5.73 Å². The Balaban J connectivity index is 1.88. The number of hydrogen-bond donors (Lipinski definition) is 2. The molecule has 1 atom stereocenters. The zero-order valence-electron chi connectivity index (χ0n) is 11.1. The van der Waals surface area contributed by atoms with Crippen molar-refractivity contribution in [2.45, 2.75) is 13.0 Å². The standard InChI is InChI=1S/C15H15N5/c1-10-5-7-11(8-6-10)13(16)15-18-14(19-20-15)12-4-2-3-9-17-12/h2-9,13H,16H2,1H3,(H,18,19,20). The Hall–Kier alpha value is -2.53. The van der Waals surface area contributed by atoms with Gasteiger partial charge in [0.15, 0.2) is 5.82 Å². The quantitative estimate of drug-likeness (QED) is 0.761. The van der Waals surface area contributed by atoms with E-state index in [-0.39, 0.29) is 6.04 Å². The van der Waals surface area contributed by atoms with E-state index in [4.69, 9.17) is 5.73 Å². The minimum atomic E-state index is -0.319. The SMILES string of the molecule is Cc1ccc(C(N)c2nc(-c3ccccn3)n[nH]2)cc1. The molecule has 3 rings (SSSR count). The number of pyridine rings is 1. The maximum atomic E-state index is 6.20.